The predicted octanol–water partition coefficient (Wildman–Crippen LogP) is 0.401. The molecule has 1 amide bonds. The molecule has 1 saturated heterocycles. The molecular weight excluding hydrogens is 463 g/mol. The highest BCUT2D eigenvalue weighted by atomic mass is 35.5. The zero-order chi connectivity index (χ0) is 22.9. The molecule has 0 radical (unpaired) electrons. The van der Waals surface area contributed by atoms with Crippen LogP contribution in [0.25, 0.3) is 0 Å². The van der Waals surface area contributed by atoms with Crippen LogP contribution in [0.15, 0.2) is 36.4 Å². The predicted molar refractivity (Wildman–Crippen MR) is 111 cm³/mol. The lowest BCUT2D eigenvalue weighted by Gasteiger charge is -2.36. The van der Waals surface area contributed by atoms with Crippen molar-refractivity contribution in [2.24, 2.45) is 0 Å². The van der Waals surface area contributed by atoms with Crippen molar-refractivity contribution >= 4 is 23.1 Å². The van der Waals surface area contributed by atoms with Crippen LogP contribution in [-0.4, -0.2) is 56.1 Å². The number of alkyl halides is 3. The van der Waals surface area contributed by atoms with Crippen molar-refractivity contribution in [1.82, 2.24) is 4.90 Å². The summed E-state index contributed by atoms with van der Waals surface area (Å²) in [6, 6.07) is 8.37. The first kappa shape index (κ1) is 24.7. The molecule has 0 aromatic heterocycles. The van der Waals surface area contributed by atoms with Crippen LogP contribution in [0.1, 0.15) is 22.8 Å². The Morgan fingerprint density at radius 2 is 1.70 bits per heavy atom. The number of amides is 1. The highest BCUT2D eigenvalue weighted by Crippen LogP contribution is 2.37. The second-order valence-corrected chi connectivity index (χ2v) is 7.67. The van der Waals surface area contributed by atoms with Gasteiger partial charge in [0.25, 0.3) is 0 Å². The molecule has 2 aromatic rings. The van der Waals surface area contributed by atoms with Gasteiger partial charge in [0.15, 0.2) is 17.3 Å². The summed E-state index contributed by atoms with van der Waals surface area (Å²) in [5.41, 5.74) is 0.517. The maximum absolute atomic E-state index is 13.0. The molecule has 11 heteroatoms. The Balaban J connectivity index is 0.00000306. The van der Waals surface area contributed by atoms with Crippen LogP contribution in [0.2, 0.25) is 0 Å². The first-order chi connectivity index (χ1) is 15.2. The SMILES string of the molecule is CC(=O)c1cc2c(cc1NC(=O)CN1CCN(c3cccc(C(F)(F)F)c3)CC1)OCO2.[Cl-]. The summed E-state index contributed by atoms with van der Waals surface area (Å²) in [5.74, 6) is 0.408. The number of hydrogen-bond donors (Lipinski definition) is 1. The summed E-state index contributed by atoms with van der Waals surface area (Å²) in [4.78, 5) is 28.3. The van der Waals surface area contributed by atoms with Gasteiger partial charge in [-0.3, -0.25) is 14.5 Å². The van der Waals surface area contributed by atoms with E-state index in [1.54, 1.807) is 18.2 Å². The largest absolute Gasteiger partial charge is 1.00 e. The average Bonchev–Trinajstić information content (AvgIpc) is 3.20. The zero-order valence-electron chi connectivity index (χ0n) is 17.7. The van der Waals surface area contributed by atoms with E-state index in [9.17, 15) is 22.8 Å². The van der Waals surface area contributed by atoms with Gasteiger partial charge in [-0.05, 0) is 31.2 Å². The summed E-state index contributed by atoms with van der Waals surface area (Å²) in [7, 11) is 0. The van der Waals surface area contributed by atoms with Crippen molar-refractivity contribution in [3.63, 3.8) is 0 Å². The van der Waals surface area contributed by atoms with E-state index in [1.807, 2.05) is 9.80 Å². The number of Topliss-reactive ketones (excluding diaryl/α,β-unsaturated/α-hetero) is 1. The van der Waals surface area contributed by atoms with Crippen LogP contribution in [-0.2, 0) is 11.0 Å². The Hall–Kier alpha value is -2.98. The lowest BCUT2D eigenvalue weighted by atomic mass is 10.1. The van der Waals surface area contributed by atoms with Crippen LogP contribution in [0.4, 0.5) is 24.5 Å². The lowest BCUT2D eigenvalue weighted by molar-refractivity contribution is -0.137. The number of piperazine rings is 1. The van der Waals surface area contributed by atoms with Gasteiger partial charge in [-0.1, -0.05) is 6.07 Å². The monoisotopic (exact) mass is 484 g/mol. The fourth-order valence-electron chi connectivity index (χ4n) is 3.77. The second-order valence-electron chi connectivity index (χ2n) is 7.67. The van der Waals surface area contributed by atoms with Crippen LogP contribution in [0, 0.1) is 0 Å². The molecule has 0 bridgehead atoms. The van der Waals surface area contributed by atoms with E-state index < -0.39 is 11.7 Å². The Morgan fingerprint density at radius 3 is 2.33 bits per heavy atom. The number of rotatable bonds is 5. The molecule has 178 valence electrons. The summed E-state index contributed by atoms with van der Waals surface area (Å²) in [6.07, 6.45) is -4.39. The van der Waals surface area contributed by atoms with Crippen molar-refractivity contribution in [2.75, 3.05) is 49.7 Å². The van der Waals surface area contributed by atoms with Gasteiger partial charge in [-0.25, -0.2) is 0 Å². The minimum absolute atomic E-state index is 0. The van der Waals surface area contributed by atoms with Gasteiger partial charge >= 0.3 is 6.18 Å². The third kappa shape index (κ3) is 5.69. The van der Waals surface area contributed by atoms with Crippen molar-refractivity contribution in [3.8, 4) is 11.5 Å². The molecule has 33 heavy (non-hydrogen) atoms. The summed E-state index contributed by atoms with van der Waals surface area (Å²) >= 11 is 0. The maximum Gasteiger partial charge on any atom is 0.416 e. The fraction of sp³-hybridized carbons (Fsp3) is 0.364. The topological polar surface area (TPSA) is 71.1 Å². The molecule has 2 aliphatic heterocycles. The highest BCUT2D eigenvalue weighted by Gasteiger charge is 2.31. The molecular formula is C22H22ClF3N3O4-. The van der Waals surface area contributed by atoms with E-state index in [2.05, 4.69) is 5.32 Å². The van der Waals surface area contributed by atoms with Gasteiger partial charge in [0.1, 0.15) is 0 Å². The van der Waals surface area contributed by atoms with E-state index in [-0.39, 0.29) is 37.4 Å². The highest BCUT2D eigenvalue weighted by molar-refractivity contribution is 6.05. The number of benzene rings is 2. The number of anilines is 2. The molecule has 1 N–H and O–H groups in total. The molecule has 4 rings (SSSR count). The molecule has 2 heterocycles. The Labute approximate surface area is 194 Å². The van der Waals surface area contributed by atoms with Crippen LogP contribution in [0.3, 0.4) is 0 Å². The van der Waals surface area contributed by atoms with E-state index >= 15 is 0 Å². The molecule has 0 atom stereocenters. The van der Waals surface area contributed by atoms with Crippen molar-refractivity contribution in [1.29, 1.82) is 0 Å². The second kappa shape index (κ2) is 9.88. The van der Waals surface area contributed by atoms with E-state index in [1.165, 1.54) is 13.0 Å². The van der Waals surface area contributed by atoms with E-state index in [0.29, 0.717) is 54.6 Å². The summed E-state index contributed by atoms with van der Waals surface area (Å²) in [6.45, 7) is 3.59. The smallest absolute Gasteiger partial charge is 0.416 e. The third-order valence-corrected chi connectivity index (χ3v) is 5.44. The number of hydrogen-bond acceptors (Lipinski definition) is 6. The number of ether oxygens (including phenoxy) is 2. The number of carbonyl (C=O) groups is 2. The number of carbonyl (C=O) groups excluding carboxylic acids is 2. The number of nitrogens with one attached hydrogen (secondary N) is 1. The zero-order valence-corrected chi connectivity index (χ0v) is 18.5. The van der Waals surface area contributed by atoms with Crippen molar-refractivity contribution < 1.29 is 44.6 Å². The molecule has 0 saturated carbocycles. The number of ketones is 1. The quantitative estimate of drug-likeness (QED) is 0.620. The standard InChI is InChI=1S/C22H22F3N3O4.ClH/c1-14(29)17-10-19-20(32-13-31-19)11-18(17)26-21(30)12-27-5-7-28(8-6-27)16-4-2-3-15(9-16)22(23,24)25;/h2-4,9-11H,5-8,12-13H2,1H3,(H,26,30);1H/p-1. The van der Waals surface area contributed by atoms with Gasteiger partial charge in [-0.2, -0.15) is 13.2 Å². The summed E-state index contributed by atoms with van der Waals surface area (Å²) < 4.78 is 49.5. The van der Waals surface area contributed by atoms with Crippen LogP contribution in [0.5, 0.6) is 11.5 Å². The Morgan fingerprint density at radius 1 is 1.03 bits per heavy atom. The van der Waals surface area contributed by atoms with Crippen molar-refractivity contribution in [3.05, 3.63) is 47.5 Å². The number of fused-ring (bicyclic) bond motifs is 1. The average molecular weight is 485 g/mol. The minimum Gasteiger partial charge on any atom is -1.00 e. The van der Waals surface area contributed by atoms with Crippen LogP contribution >= 0.6 is 0 Å². The van der Waals surface area contributed by atoms with Gasteiger partial charge in [0.05, 0.1) is 17.8 Å². The minimum atomic E-state index is -4.39. The molecule has 0 spiro atoms. The molecule has 2 aliphatic rings. The molecule has 2 aromatic carbocycles. The molecule has 0 aliphatic carbocycles. The fourth-order valence-corrected chi connectivity index (χ4v) is 3.77. The Kier molecular flexibility index (Phi) is 7.38. The van der Waals surface area contributed by atoms with Gasteiger partial charge in [-0.15, -0.1) is 0 Å². The maximum atomic E-state index is 13.0. The third-order valence-electron chi connectivity index (χ3n) is 5.44. The van der Waals surface area contributed by atoms with E-state index in [4.69, 9.17) is 9.47 Å². The number of halogens is 4. The Bertz CT molecular complexity index is 1040. The molecule has 0 unspecified atom stereocenters. The van der Waals surface area contributed by atoms with Crippen LogP contribution < -0.4 is 32.1 Å². The summed E-state index contributed by atoms with van der Waals surface area (Å²) in [5, 5.41) is 2.76. The van der Waals surface area contributed by atoms with Gasteiger partial charge < -0.3 is 32.1 Å². The van der Waals surface area contributed by atoms with Gasteiger partial charge in [0.2, 0.25) is 12.7 Å². The van der Waals surface area contributed by atoms with Gasteiger partial charge in [0, 0.05) is 43.5 Å². The lowest BCUT2D eigenvalue weighted by Crippen LogP contribution is -3.00. The first-order valence-electron chi connectivity index (χ1n) is 10.1. The van der Waals surface area contributed by atoms with Crippen molar-refractivity contribution in [2.45, 2.75) is 13.1 Å². The molecule has 1 fully saturated rings. The van der Waals surface area contributed by atoms with E-state index in [0.717, 1.165) is 12.1 Å². The molecule has 7 nitrogen and oxygen atoms in total. The number of nitrogens with zero attached hydrogens (tertiary/aromatic N) is 2. The normalized spacial score (nSPS) is 15.7. The first-order valence-corrected chi connectivity index (χ1v) is 10.1.